The second kappa shape index (κ2) is 9.18. The van der Waals surface area contributed by atoms with Crippen LogP contribution in [0.4, 0.5) is 26.3 Å². The standard InChI is InChI=1S/C21H13F6NO3S2/c22-20(23,24)14-8-13(9-15(10-14)21(25,26)27)12-3-1-2-11(6-12)7-16-18(31)28(19(32)33-16)5-4-17(29)30/h1-3,6-10H,4-5H2,(H,29,30)/b16-7-. The van der Waals surface area contributed by atoms with Crippen molar-refractivity contribution in [2.24, 2.45) is 0 Å². The summed E-state index contributed by atoms with van der Waals surface area (Å²) >= 11 is 6.00. The molecule has 174 valence electrons. The van der Waals surface area contributed by atoms with E-state index in [0.29, 0.717) is 17.7 Å². The Morgan fingerprint density at radius 3 is 2.15 bits per heavy atom. The highest BCUT2D eigenvalue weighted by molar-refractivity contribution is 8.26. The lowest BCUT2D eigenvalue weighted by molar-refractivity contribution is -0.143. The number of carbonyl (C=O) groups is 2. The van der Waals surface area contributed by atoms with Crippen molar-refractivity contribution in [2.75, 3.05) is 6.54 Å². The molecule has 0 atom stereocenters. The van der Waals surface area contributed by atoms with Crippen LogP contribution in [0.2, 0.25) is 0 Å². The Hall–Kier alpha value is -2.86. The third-order valence-corrected chi connectivity index (χ3v) is 5.91. The van der Waals surface area contributed by atoms with Crippen LogP contribution < -0.4 is 0 Å². The van der Waals surface area contributed by atoms with Gasteiger partial charge in [0.2, 0.25) is 0 Å². The van der Waals surface area contributed by atoms with Gasteiger partial charge in [-0.25, -0.2) is 0 Å². The number of thiocarbonyl (C=S) groups is 1. The number of benzene rings is 2. The first-order valence-corrected chi connectivity index (χ1v) is 10.4. The lowest BCUT2D eigenvalue weighted by atomic mass is 9.97. The van der Waals surface area contributed by atoms with Crippen LogP contribution in [0.3, 0.4) is 0 Å². The lowest BCUT2D eigenvalue weighted by Gasteiger charge is -2.14. The quantitative estimate of drug-likeness (QED) is 0.304. The van der Waals surface area contributed by atoms with Crippen LogP contribution in [0.1, 0.15) is 23.1 Å². The average molecular weight is 505 g/mol. The molecule has 0 spiro atoms. The van der Waals surface area contributed by atoms with Gasteiger partial charge in [0.1, 0.15) is 4.32 Å². The number of alkyl halides is 6. The van der Waals surface area contributed by atoms with Gasteiger partial charge in [-0.05, 0) is 47.0 Å². The van der Waals surface area contributed by atoms with E-state index in [2.05, 4.69) is 0 Å². The molecular weight excluding hydrogens is 492 g/mol. The molecule has 0 saturated carbocycles. The van der Waals surface area contributed by atoms with E-state index in [0.717, 1.165) is 16.7 Å². The molecule has 33 heavy (non-hydrogen) atoms. The van der Waals surface area contributed by atoms with Crippen molar-refractivity contribution < 1.29 is 41.0 Å². The molecule has 1 fully saturated rings. The predicted molar refractivity (Wildman–Crippen MR) is 114 cm³/mol. The number of carbonyl (C=O) groups excluding carboxylic acids is 1. The zero-order valence-corrected chi connectivity index (χ0v) is 18.0. The molecule has 1 heterocycles. The molecule has 0 radical (unpaired) electrons. The lowest BCUT2D eigenvalue weighted by Crippen LogP contribution is -2.30. The Bertz CT molecular complexity index is 1130. The number of rotatable bonds is 5. The first-order valence-electron chi connectivity index (χ1n) is 9.13. The number of amides is 1. The number of hydrogen-bond acceptors (Lipinski definition) is 4. The summed E-state index contributed by atoms with van der Waals surface area (Å²) in [4.78, 5) is 24.5. The molecule has 2 aromatic rings. The molecule has 4 nitrogen and oxygen atoms in total. The summed E-state index contributed by atoms with van der Waals surface area (Å²) in [6.45, 7) is -0.123. The highest BCUT2D eigenvalue weighted by atomic mass is 32.2. The van der Waals surface area contributed by atoms with E-state index in [4.69, 9.17) is 17.3 Å². The van der Waals surface area contributed by atoms with Crippen molar-refractivity contribution in [3.05, 3.63) is 64.1 Å². The summed E-state index contributed by atoms with van der Waals surface area (Å²) in [6.07, 6.45) is -8.87. The summed E-state index contributed by atoms with van der Waals surface area (Å²) in [5.74, 6) is -1.64. The normalized spacial score (nSPS) is 16.1. The van der Waals surface area contributed by atoms with Crippen LogP contribution >= 0.6 is 24.0 Å². The minimum Gasteiger partial charge on any atom is -0.481 e. The molecule has 2 aromatic carbocycles. The van der Waals surface area contributed by atoms with Crippen LogP contribution in [0.15, 0.2) is 47.4 Å². The van der Waals surface area contributed by atoms with Crippen LogP contribution in [0.25, 0.3) is 17.2 Å². The zero-order chi connectivity index (χ0) is 24.6. The van der Waals surface area contributed by atoms with E-state index in [1.165, 1.54) is 30.3 Å². The Labute approximate surface area is 192 Å². The number of thioether (sulfide) groups is 1. The minimum absolute atomic E-state index is 0.0514. The van der Waals surface area contributed by atoms with Gasteiger partial charge in [0.15, 0.2) is 0 Å². The van der Waals surface area contributed by atoms with Crippen LogP contribution in [-0.2, 0) is 21.9 Å². The molecule has 0 aromatic heterocycles. The van der Waals surface area contributed by atoms with Gasteiger partial charge in [-0.15, -0.1) is 0 Å². The maximum Gasteiger partial charge on any atom is 0.416 e. The van der Waals surface area contributed by atoms with Crippen molar-refractivity contribution >= 4 is 46.3 Å². The molecule has 0 unspecified atom stereocenters. The summed E-state index contributed by atoms with van der Waals surface area (Å²) in [7, 11) is 0. The van der Waals surface area contributed by atoms with Gasteiger partial charge in [0, 0.05) is 6.54 Å². The largest absolute Gasteiger partial charge is 0.481 e. The Kier molecular flexibility index (Phi) is 6.89. The maximum atomic E-state index is 13.2. The van der Waals surface area contributed by atoms with Gasteiger partial charge in [-0.1, -0.05) is 42.2 Å². The van der Waals surface area contributed by atoms with Crippen LogP contribution in [0, 0.1) is 0 Å². The zero-order valence-electron chi connectivity index (χ0n) is 16.3. The number of nitrogens with zero attached hydrogens (tertiary/aromatic N) is 1. The summed E-state index contributed by atoms with van der Waals surface area (Å²) in [5.41, 5.74) is -2.73. The fraction of sp³-hybridized carbons (Fsp3) is 0.190. The van der Waals surface area contributed by atoms with Gasteiger partial charge in [0.25, 0.3) is 5.91 Å². The van der Waals surface area contributed by atoms with E-state index in [1.54, 1.807) is 0 Å². The van der Waals surface area contributed by atoms with Gasteiger partial charge in [-0.2, -0.15) is 26.3 Å². The van der Waals surface area contributed by atoms with Gasteiger partial charge in [-0.3, -0.25) is 14.5 Å². The van der Waals surface area contributed by atoms with Gasteiger partial charge in [0.05, 0.1) is 22.5 Å². The van der Waals surface area contributed by atoms with Crippen molar-refractivity contribution in [3.63, 3.8) is 0 Å². The molecule has 1 aliphatic heterocycles. The molecule has 0 aliphatic carbocycles. The fourth-order valence-corrected chi connectivity index (χ4v) is 4.29. The number of hydrogen-bond donors (Lipinski definition) is 1. The monoisotopic (exact) mass is 505 g/mol. The van der Waals surface area contributed by atoms with E-state index in [1.807, 2.05) is 0 Å². The summed E-state index contributed by atoms with van der Waals surface area (Å²) in [6, 6.07) is 6.95. The molecule has 1 saturated heterocycles. The highest BCUT2D eigenvalue weighted by Crippen LogP contribution is 2.39. The van der Waals surface area contributed by atoms with Gasteiger partial charge < -0.3 is 5.11 Å². The average Bonchev–Trinajstić information content (AvgIpc) is 2.97. The predicted octanol–water partition coefficient (Wildman–Crippen LogP) is 6.07. The van der Waals surface area contributed by atoms with Crippen molar-refractivity contribution in [1.29, 1.82) is 0 Å². The van der Waals surface area contributed by atoms with Crippen molar-refractivity contribution in [1.82, 2.24) is 4.90 Å². The number of carboxylic acids is 1. The molecule has 0 bridgehead atoms. The molecule has 3 rings (SSSR count). The van der Waals surface area contributed by atoms with Crippen molar-refractivity contribution in [3.8, 4) is 11.1 Å². The topological polar surface area (TPSA) is 57.6 Å². The number of aliphatic carboxylic acids is 1. The first kappa shape index (κ1) is 24.8. The maximum absolute atomic E-state index is 13.2. The number of halogens is 6. The second-order valence-corrected chi connectivity index (χ2v) is 8.57. The van der Waals surface area contributed by atoms with Crippen molar-refractivity contribution in [2.45, 2.75) is 18.8 Å². The van der Waals surface area contributed by atoms with Crippen LogP contribution in [0.5, 0.6) is 0 Å². The second-order valence-electron chi connectivity index (χ2n) is 6.90. The van der Waals surface area contributed by atoms with E-state index in [9.17, 15) is 35.9 Å². The minimum atomic E-state index is -4.97. The van der Waals surface area contributed by atoms with E-state index < -0.39 is 35.4 Å². The molecule has 1 aliphatic rings. The highest BCUT2D eigenvalue weighted by Gasteiger charge is 2.37. The Morgan fingerprint density at radius 1 is 1.00 bits per heavy atom. The van der Waals surface area contributed by atoms with Crippen LogP contribution in [-0.4, -0.2) is 32.7 Å². The van der Waals surface area contributed by atoms with E-state index >= 15 is 0 Å². The van der Waals surface area contributed by atoms with E-state index in [-0.39, 0.29) is 39.4 Å². The number of carboxylic acid groups (broad SMARTS) is 1. The smallest absolute Gasteiger partial charge is 0.416 e. The Morgan fingerprint density at radius 2 is 1.61 bits per heavy atom. The molecule has 1 N–H and O–H groups in total. The molecular formula is C21H13F6NO3S2. The Balaban J connectivity index is 1.97. The third-order valence-electron chi connectivity index (χ3n) is 4.53. The summed E-state index contributed by atoms with van der Waals surface area (Å²) < 4.78 is 79.1. The first-order chi connectivity index (χ1) is 15.3. The SMILES string of the molecule is O=C(O)CCN1C(=O)/C(=C/c2cccc(-c3cc(C(F)(F)F)cc(C(F)(F)F)c3)c2)SC1=S. The molecule has 1 amide bonds. The van der Waals surface area contributed by atoms with Gasteiger partial charge >= 0.3 is 18.3 Å². The molecule has 12 heteroatoms. The third kappa shape index (κ3) is 5.93. The summed E-state index contributed by atoms with van der Waals surface area (Å²) in [5, 5.41) is 8.78. The fourth-order valence-electron chi connectivity index (χ4n) is 2.98.